The highest BCUT2D eigenvalue weighted by Gasteiger charge is 2.34. The third-order valence-corrected chi connectivity index (χ3v) is 12.5. The number of imide groups is 1. The second-order valence-electron chi connectivity index (χ2n) is 16.7. The first-order valence-corrected chi connectivity index (χ1v) is 20.0. The van der Waals surface area contributed by atoms with E-state index in [0.717, 1.165) is 85.7 Å². The Morgan fingerprint density at radius 2 is 1.79 bits per heavy atom. The van der Waals surface area contributed by atoms with Crippen molar-refractivity contribution >= 4 is 51.0 Å². The van der Waals surface area contributed by atoms with Crippen LogP contribution in [0.1, 0.15) is 105 Å². The number of imidazole rings is 2. The predicted molar refractivity (Wildman–Crippen MR) is 214 cm³/mol. The molecule has 3 aliphatic rings. The van der Waals surface area contributed by atoms with Crippen LogP contribution in [-0.2, 0) is 22.2 Å². The number of para-hydroxylation sites is 1. The molecule has 15 nitrogen and oxygen atoms in total. The Bertz CT molecular complexity index is 2590. The number of nitrogens with one attached hydrogen (secondary N) is 2. The maximum Gasteiger partial charge on any atom is 0.329 e. The van der Waals surface area contributed by atoms with E-state index in [9.17, 15) is 24.3 Å². The summed E-state index contributed by atoms with van der Waals surface area (Å²) in [6.45, 7) is 6.44. The summed E-state index contributed by atoms with van der Waals surface area (Å²) in [7, 11) is 1.78. The summed E-state index contributed by atoms with van der Waals surface area (Å²) in [6, 6.07) is 11.1. The van der Waals surface area contributed by atoms with Gasteiger partial charge < -0.3 is 15.3 Å². The second kappa shape index (κ2) is 14.4. The molecule has 2 aliphatic heterocycles. The first-order valence-electron chi connectivity index (χ1n) is 20.0. The lowest BCUT2D eigenvalue weighted by Gasteiger charge is -2.37. The number of aromatic nitrogens is 7. The lowest BCUT2D eigenvalue weighted by Crippen LogP contribution is -2.44. The van der Waals surface area contributed by atoms with Crippen LogP contribution in [0.3, 0.4) is 0 Å². The molecule has 0 spiro atoms. The van der Waals surface area contributed by atoms with E-state index in [1.54, 1.807) is 59.2 Å². The van der Waals surface area contributed by atoms with Crippen molar-refractivity contribution < 1.29 is 19.5 Å². The second-order valence-corrected chi connectivity index (χ2v) is 16.7. The molecule has 3 N–H and O–H groups in total. The van der Waals surface area contributed by atoms with Gasteiger partial charge in [-0.25, -0.2) is 14.8 Å². The lowest BCUT2D eigenvalue weighted by molar-refractivity contribution is -0.135. The molecule has 1 aliphatic carbocycles. The maximum absolute atomic E-state index is 13.5. The number of carbonyl (C=O) groups excluding carboxylic acids is 3. The van der Waals surface area contributed by atoms with Crippen molar-refractivity contribution in [3.63, 3.8) is 0 Å². The highest BCUT2D eigenvalue weighted by Crippen LogP contribution is 2.38. The van der Waals surface area contributed by atoms with Crippen molar-refractivity contribution in [3.05, 3.63) is 88.6 Å². The normalized spacial score (nSPS) is 21.4. The van der Waals surface area contributed by atoms with Crippen LogP contribution in [0.25, 0.3) is 27.6 Å². The molecule has 2 saturated heterocycles. The monoisotopic (exact) mass is 772 g/mol. The van der Waals surface area contributed by atoms with Gasteiger partial charge in [-0.1, -0.05) is 12.1 Å². The van der Waals surface area contributed by atoms with Crippen LogP contribution in [0.15, 0.2) is 66.1 Å². The van der Waals surface area contributed by atoms with E-state index >= 15 is 0 Å². The number of aryl methyl sites for hydroxylation is 1. The van der Waals surface area contributed by atoms with Crippen molar-refractivity contribution in [2.24, 2.45) is 13.0 Å². The van der Waals surface area contributed by atoms with Gasteiger partial charge in [0.15, 0.2) is 11.3 Å². The smallest absolute Gasteiger partial charge is 0.329 e. The maximum atomic E-state index is 13.5. The number of nitrogens with zero attached hydrogens (tertiary/aromatic N) is 8. The van der Waals surface area contributed by atoms with E-state index in [1.807, 2.05) is 24.3 Å². The Balaban J connectivity index is 0.836. The summed E-state index contributed by atoms with van der Waals surface area (Å²) in [5.74, 6) is -0.194. The first-order chi connectivity index (χ1) is 27.4. The number of benzene rings is 2. The van der Waals surface area contributed by atoms with Crippen LogP contribution >= 0.6 is 0 Å². The fourth-order valence-electron chi connectivity index (χ4n) is 9.48. The van der Waals surface area contributed by atoms with Gasteiger partial charge in [0.25, 0.3) is 5.91 Å². The molecular formula is C42H48N10O5. The molecule has 0 bridgehead atoms. The number of carbonyl (C=O) groups is 3. The molecule has 6 heterocycles. The quantitative estimate of drug-likeness (QED) is 0.184. The minimum absolute atomic E-state index is 0.208. The fourth-order valence-corrected chi connectivity index (χ4v) is 9.48. The van der Waals surface area contributed by atoms with Gasteiger partial charge >= 0.3 is 5.69 Å². The van der Waals surface area contributed by atoms with Crippen LogP contribution in [0.2, 0.25) is 0 Å². The molecular weight excluding hydrogens is 725 g/mol. The third kappa shape index (κ3) is 6.82. The van der Waals surface area contributed by atoms with Gasteiger partial charge in [-0.05, 0) is 114 Å². The zero-order valence-corrected chi connectivity index (χ0v) is 32.5. The summed E-state index contributed by atoms with van der Waals surface area (Å²) in [5.41, 5.74) is 3.85. The molecule has 3 amide bonds. The molecule has 296 valence electrons. The minimum Gasteiger partial charge on any atom is -0.386 e. The van der Waals surface area contributed by atoms with E-state index in [-0.39, 0.29) is 29.8 Å². The number of aliphatic hydroxyl groups is 1. The van der Waals surface area contributed by atoms with Gasteiger partial charge in [0.2, 0.25) is 11.8 Å². The SMILES string of the molecule is Cn1c(=O)n(C2CCC(=O)NC2=O)c2cccc(C3CCN(C[C@H]4CC[C@H](n5cc6cc(NC(=O)c7ncn8cccnc78)c(C(C)(C)O)cc6n5)CC4)CC3)c21. The summed E-state index contributed by atoms with van der Waals surface area (Å²) in [6.07, 6.45) is 13.8. The van der Waals surface area contributed by atoms with Crippen molar-refractivity contribution in [1.29, 1.82) is 0 Å². The molecule has 2 aromatic carbocycles. The van der Waals surface area contributed by atoms with Crippen LogP contribution in [-0.4, -0.2) is 80.6 Å². The Hall–Kier alpha value is -5.67. The number of hydrogen-bond acceptors (Lipinski definition) is 9. The van der Waals surface area contributed by atoms with E-state index in [1.165, 1.54) is 0 Å². The van der Waals surface area contributed by atoms with Crippen LogP contribution < -0.4 is 16.3 Å². The number of likely N-dealkylation sites (tertiary alicyclic amines) is 1. The van der Waals surface area contributed by atoms with Crippen LogP contribution in [0.5, 0.6) is 0 Å². The van der Waals surface area contributed by atoms with E-state index in [2.05, 4.69) is 42.4 Å². The molecule has 15 heteroatoms. The van der Waals surface area contributed by atoms with Gasteiger partial charge in [-0.2, -0.15) is 5.10 Å². The van der Waals surface area contributed by atoms with Crippen LogP contribution in [0, 0.1) is 5.92 Å². The summed E-state index contributed by atoms with van der Waals surface area (Å²) < 4.78 is 7.01. The summed E-state index contributed by atoms with van der Waals surface area (Å²) in [4.78, 5) is 62.6. The number of fused-ring (bicyclic) bond motifs is 3. The molecule has 6 aromatic rings. The minimum atomic E-state index is -1.23. The number of rotatable bonds is 8. The van der Waals surface area contributed by atoms with Crippen molar-refractivity contribution in [2.45, 2.75) is 88.8 Å². The van der Waals surface area contributed by atoms with Crippen molar-refractivity contribution in [1.82, 2.24) is 43.5 Å². The average molecular weight is 773 g/mol. The predicted octanol–water partition coefficient (Wildman–Crippen LogP) is 4.80. The van der Waals surface area contributed by atoms with Crippen molar-refractivity contribution in [2.75, 3.05) is 25.0 Å². The topological polar surface area (TPSA) is 174 Å². The number of hydrogen-bond donors (Lipinski definition) is 3. The standard InChI is InChI=1S/C42H48N10O5/c1-42(2,57)30-21-31-27(20-32(30)45-40(55)36-38-43-16-5-17-50(38)24-44-36)23-51(47-31)28-10-8-25(9-11-28)22-49-18-14-26(15-19-49)29-6-4-7-33-37(29)48(3)41(56)52(33)34-12-13-35(53)46-39(34)54/h4-7,16-17,20-21,23-26,28,34,57H,8-15,18-19,22H2,1-3H3,(H,45,55)(H,46,53,54)/t25-,28-,34?. The van der Waals surface area contributed by atoms with Gasteiger partial charge in [0, 0.05) is 55.2 Å². The Morgan fingerprint density at radius 1 is 1.00 bits per heavy atom. The van der Waals surface area contributed by atoms with E-state index in [4.69, 9.17) is 5.10 Å². The van der Waals surface area contributed by atoms with Gasteiger partial charge in [0.05, 0.1) is 28.2 Å². The Kier molecular flexibility index (Phi) is 9.31. The first kappa shape index (κ1) is 36.9. The fraction of sp³-hybridized carbons (Fsp3) is 0.452. The molecule has 57 heavy (non-hydrogen) atoms. The zero-order valence-electron chi connectivity index (χ0n) is 32.5. The lowest BCUT2D eigenvalue weighted by atomic mass is 9.84. The summed E-state index contributed by atoms with van der Waals surface area (Å²) in [5, 5.41) is 22.3. The van der Waals surface area contributed by atoms with Gasteiger partial charge in [0.1, 0.15) is 12.4 Å². The molecule has 4 aromatic heterocycles. The van der Waals surface area contributed by atoms with Crippen LogP contribution in [0.4, 0.5) is 5.69 Å². The highest BCUT2D eigenvalue weighted by atomic mass is 16.3. The number of piperidine rings is 2. The van der Waals surface area contributed by atoms with E-state index in [0.29, 0.717) is 35.2 Å². The molecule has 1 atom stereocenters. The average Bonchev–Trinajstić information content (AvgIpc) is 3.89. The largest absolute Gasteiger partial charge is 0.386 e. The van der Waals surface area contributed by atoms with Gasteiger partial charge in [-0.15, -0.1) is 0 Å². The van der Waals surface area contributed by atoms with Gasteiger partial charge in [-0.3, -0.25) is 37.9 Å². The zero-order chi connectivity index (χ0) is 39.6. The molecule has 0 radical (unpaired) electrons. The molecule has 3 fully saturated rings. The number of anilines is 1. The highest BCUT2D eigenvalue weighted by molar-refractivity contribution is 6.08. The third-order valence-electron chi connectivity index (χ3n) is 12.5. The molecule has 1 unspecified atom stereocenters. The van der Waals surface area contributed by atoms with E-state index < -0.39 is 23.5 Å². The Labute approximate surface area is 328 Å². The Morgan fingerprint density at radius 3 is 2.54 bits per heavy atom. The summed E-state index contributed by atoms with van der Waals surface area (Å²) >= 11 is 0. The molecule has 9 rings (SSSR count). The van der Waals surface area contributed by atoms with Crippen molar-refractivity contribution in [3.8, 4) is 0 Å². The molecule has 1 saturated carbocycles. The number of amides is 3.